The van der Waals surface area contributed by atoms with Crippen molar-refractivity contribution >= 4 is 11.9 Å². The first-order valence-corrected chi connectivity index (χ1v) is 4.12. The van der Waals surface area contributed by atoms with E-state index in [1.807, 2.05) is 12.1 Å². The summed E-state index contributed by atoms with van der Waals surface area (Å²) < 4.78 is 0. The lowest BCUT2D eigenvalue weighted by molar-refractivity contribution is -0.113. The molecular formula is C10H9N3O2. The number of urea groups is 1. The molecule has 0 spiro atoms. The van der Waals surface area contributed by atoms with E-state index in [9.17, 15) is 9.59 Å². The molecule has 15 heavy (non-hydrogen) atoms. The third-order valence-corrected chi connectivity index (χ3v) is 1.52. The minimum absolute atomic E-state index is 0.402. The molecule has 1 heterocycles. The monoisotopic (exact) mass is 203 g/mol. The summed E-state index contributed by atoms with van der Waals surface area (Å²) in [6.07, 6.45) is 1.06. The van der Waals surface area contributed by atoms with E-state index in [4.69, 9.17) is 0 Å². The Kier molecular flexibility index (Phi) is 3.45. The second-order valence-corrected chi connectivity index (χ2v) is 2.60. The zero-order valence-corrected chi connectivity index (χ0v) is 7.88. The Balaban J connectivity index is 0.000000195. The number of nitrogens with zero attached hydrogens (tertiary/aromatic N) is 2. The van der Waals surface area contributed by atoms with Gasteiger partial charge in [0.1, 0.15) is 0 Å². The van der Waals surface area contributed by atoms with Crippen LogP contribution in [0, 0.1) is 0 Å². The highest BCUT2D eigenvalue weighted by atomic mass is 16.2. The molecule has 2 N–H and O–H groups in total. The minimum atomic E-state index is -0.481. The van der Waals surface area contributed by atoms with Gasteiger partial charge in [0.25, 0.3) is 0 Å². The van der Waals surface area contributed by atoms with Crippen LogP contribution in [-0.4, -0.2) is 11.9 Å². The summed E-state index contributed by atoms with van der Waals surface area (Å²) in [5, 5.41) is 1.35. The Morgan fingerprint density at radius 1 is 1.27 bits per heavy atom. The van der Waals surface area contributed by atoms with Crippen LogP contribution in [0.15, 0.2) is 46.9 Å². The number of hydrogen-bond acceptors (Lipinski definition) is 2. The number of fused-ring (bicyclic) bond motifs is 1. The molecule has 5 nitrogen and oxygen atoms in total. The first-order valence-electron chi connectivity index (χ1n) is 4.12. The molecule has 0 atom stereocenters. The summed E-state index contributed by atoms with van der Waals surface area (Å²) >= 11 is 0. The predicted molar refractivity (Wildman–Crippen MR) is 53.5 cm³/mol. The van der Waals surface area contributed by atoms with Crippen LogP contribution in [-0.2, 0) is 4.79 Å². The molecule has 1 aromatic rings. The highest BCUT2D eigenvalue weighted by molar-refractivity contribution is 5.84. The Hall–Kier alpha value is -2.30. The van der Waals surface area contributed by atoms with Crippen molar-refractivity contribution in [2.24, 2.45) is 15.7 Å². The molecule has 2 rings (SSSR count). The molecule has 5 heteroatoms. The van der Waals surface area contributed by atoms with Gasteiger partial charge in [0, 0.05) is 0 Å². The van der Waals surface area contributed by atoms with Gasteiger partial charge in [-0.1, -0.05) is 18.7 Å². The van der Waals surface area contributed by atoms with E-state index in [1.54, 1.807) is 12.1 Å². The van der Waals surface area contributed by atoms with Crippen molar-refractivity contribution in [2.75, 3.05) is 0 Å². The van der Waals surface area contributed by atoms with Crippen LogP contribution < -0.4 is 16.4 Å². The SMILES string of the molecule is C=CC(N)=O.O=C1N=c2ccccc2=N1. The zero-order valence-electron chi connectivity index (χ0n) is 7.88. The molecule has 1 aliphatic heterocycles. The minimum Gasteiger partial charge on any atom is -0.366 e. The fourth-order valence-electron chi connectivity index (χ4n) is 0.884. The van der Waals surface area contributed by atoms with Gasteiger partial charge < -0.3 is 5.73 Å². The Morgan fingerprint density at radius 2 is 1.67 bits per heavy atom. The predicted octanol–water partition coefficient (Wildman–Crippen LogP) is -0.283. The molecule has 0 fully saturated rings. The van der Waals surface area contributed by atoms with E-state index in [1.165, 1.54) is 0 Å². The van der Waals surface area contributed by atoms with Gasteiger partial charge >= 0.3 is 6.03 Å². The van der Waals surface area contributed by atoms with Crippen LogP contribution in [0.5, 0.6) is 0 Å². The lowest BCUT2D eigenvalue weighted by Crippen LogP contribution is -2.19. The van der Waals surface area contributed by atoms with Gasteiger partial charge in [-0.05, 0) is 18.2 Å². The first kappa shape index (κ1) is 10.8. The molecule has 3 amide bonds. The highest BCUT2D eigenvalue weighted by Crippen LogP contribution is 1.82. The molecule has 0 aliphatic carbocycles. The van der Waals surface area contributed by atoms with Crippen LogP contribution in [0.25, 0.3) is 0 Å². The normalized spacial score (nSPS) is 11.3. The number of carbonyl (C=O) groups excluding carboxylic acids is 2. The average molecular weight is 203 g/mol. The third kappa shape index (κ3) is 3.15. The number of carbonyl (C=O) groups is 2. The summed E-state index contributed by atoms with van der Waals surface area (Å²) in [7, 11) is 0. The lowest BCUT2D eigenvalue weighted by Gasteiger charge is -1.75. The fraction of sp³-hybridized carbons (Fsp3) is 0. The van der Waals surface area contributed by atoms with Crippen molar-refractivity contribution in [1.82, 2.24) is 0 Å². The van der Waals surface area contributed by atoms with Crippen molar-refractivity contribution in [3.05, 3.63) is 47.6 Å². The van der Waals surface area contributed by atoms with E-state index < -0.39 is 11.9 Å². The third-order valence-electron chi connectivity index (χ3n) is 1.52. The Morgan fingerprint density at radius 3 is 2.00 bits per heavy atom. The first-order chi connectivity index (χ1) is 7.13. The van der Waals surface area contributed by atoms with E-state index in [2.05, 4.69) is 22.3 Å². The maximum absolute atomic E-state index is 10.6. The average Bonchev–Trinajstić information content (AvgIpc) is 2.58. The standard InChI is InChI=1S/C7H4N2O.C3H5NO/c10-7-8-5-3-1-2-4-6(5)9-7;1-2-3(4)5/h1-4H;2H,1H2,(H2,4,5). The summed E-state index contributed by atoms with van der Waals surface area (Å²) in [6.45, 7) is 3.09. The van der Waals surface area contributed by atoms with E-state index in [-0.39, 0.29) is 0 Å². The number of benzene rings is 1. The second-order valence-electron chi connectivity index (χ2n) is 2.60. The van der Waals surface area contributed by atoms with Crippen molar-refractivity contribution < 1.29 is 9.59 Å². The van der Waals surface area contributed by atoms with Crippen molar-refractivity contribution in [3.8, 4) is 0 Å². The maximum atomic E-state index is 10.6. The Bertz CT molecular complexity index is 483. The molecule has 1 aromatic carbocycles. The number of hydrogen-bond donors (Lipinski definition) is 1. The van der Waals surface area contributed by atoms with E-state index in [0.717, 1.165) is 6.08 Å². The summed E-state index contributed by atoms with van der Waals surface area (Å²) in [6, 6.07) is 6.79. The molecule has 76 valence electrons. The summed E-state index contributed by atoms with van der Waals surface area (Å²) in [5.74, 6) is -0.481. The molecule has 0 bridgehead atoms. The van der Waals surface area contributed by atoms with Gasteiger partial charge in [-0.15, -0.1) is 0 Å². The molecule has 0 radical (unpaired) electrons. The molecule has 0 saturated heterocycles. The van der Waals surface area contributed by atoms with Gasteiger partial charge in [0.15, 0.2) is 0 Å². The fourth-order valence-corrected chi connectivity index (χ4v) is 0.884. The largest absolute Gasteiger partial charge is 0.368 e. The molecule has 0 aromatic heterocycles. The van der Waals surface area contributed by atoms with Crippen LogP contribution in [0.1, 0.15) is 0 Å². The lowest BCUT2D eigenvalue weighted by atomic mass is 10.3. The molecule has 0 unspecified atom stereocenters. The molecule has 1 aliphatic rings. The van der Waals surface area contributed by atoms with Gasteiger partial charge in [0.05, 0.1) is 10.7 Å². The molecule has 0 saturated carbocycles. The summed E-state index contributed by atoms with van der Waals surface area (Å²) in [5.41, 5.74) is 4.53. The summed E-state index contributed by atoms with van der Waals surface area (Å²) in [4.78, 5) is 27.3. The van der Waals surface area contributed by atoms with Crippen LogP contribution in [0.2, 0.25) is 0 Å². The second kappa shape index (κ2) is 4.80. The number of para-hydroxylation sites is 2. The van der Waals surface area contributed by atoms with E-state index >= 15 is 0 Å². The zero-order chi connectivity index (χ0) is 11.3. The van der Waals surface area contributed by atoms with Crippen LogP contribution in [0.4, 0.5) is 4.79 Å². The number of amides is 3. The van der Waals surface area contributed by atoms with Crippen LogP contribution in [0.3, 0.4) is 0 Å². The topological polar surface area (TPSA) is 84.9 Å². The number of rotatable bonds is 1. The highest BCUT2D eigenvalue weighted by Gasteiger charge is 2.01. The van der Waals surface area contributed by atoms with Gasteiger partial charge in [-0.2, -0.15) is 9.98 Å². The number of nitrogens with two attached hydrogens (primary N) is 1. The van der Waals surface area contributed by atoms with Gasteiger partial charge in [-0.3, -0.25) is 4.79 Å². The van der Waals surface area contributed by atoms with Crippen molar-refractivity contribution in [3.63, 3.8) is 0 Å². The van der Waals surface area contributed by atoms with Gasteiger partial charge in [0.2, 0.25) is 5.91 Å². The number of primary amides is 1. The smallest absolute Gasteiger partial charge is 0.366 e. The Labute approximate surface area is 85.7 Å². The van der Waals surface area contributed by atoms with Gasteiger partial charge in [-0.25, -0.2) is 4.79 Å². The van der Waals surface area contributed by atoms with Crippen molar-refractivity contribution in [2.45, 2.75) is 0 Å². The maximum Gasteiger partial charge on any atom is 0.368 e. The van der Waals surface area contributed by atoms with Crippen LogP contribution >= 0.6 is 0 Å². The quantitative estimate of drug-likeness (QED) is 0.636. The molecular weight excluding hydrogens is 194 g/mol. The van der Waals surface area contributed by atoms with Crippen molar-refractivity contribution in [1.29, 1.82) is 0 Å². The van der Waals surface area contributed by atoms with E-state index in [0.29, 0.717) is 10.7 Å².